The molecule has 2 atom stereocenters. The number of pyridine rings is 1. The van der Waals surface area contributed by atoms with E-state index in [0.717, 1.165) is 23.5 Å². The minimum absolute atomic E-state index is 0.0111. The summed E-state index contributed by atoms with van der Waals surface area (Å²) >= 11 is 0. The maximum atomic E-state index is 12.3. The first-order valence-electron chi connectivity index (χ1n) is 8.49. The largest absolute Gasteiger partial charge is 0.372 e. The number of nitrogens with zero attached hydrogens (tertiary/aromatic N) is 4. The van der Waals surface area contributed by atoms with Gasteiger partial charge in [0.15, 0.2) is 0 Å². The molecule has 0 saturated carbocycles. The molecule has 1 aliphatic heterocycles. The predicted molar refractivity (Wildman–Crippen MR) is 91.9 cm³/mol. The number of imidazole rings is 1. The minimum atomic E-state index is -0.0148. The lowest BCUT2D eigenvalue weighted by Crippen LogP contribution is -2.32. The molecule has 1 amide bonds. The van der Waals surface area contributed by atoms with Crippen molar-refractivity contribution in [1.82, 2.24) is 24.5 Å². The zero-order valence-corrected chi connectivity index (χ0v) is 14.1. The molecule has 4 rings (SSSR count). The monoisotopic (exact) mass is 339 g/mol. The van der Waals surface area contributed by atoms with Gasteiger partial charge in [0.25, 0.3) is 0 Å². The maximum absolute atomic E-state index is 12.3. The van der Waals surface area contributed by atoms with E-state index in [1.165, 1.54) is 0 Å². The summed E-state index contributed by atoms with van der Waals surface area (Å²) in [4.78, 5) is 16.8. The number of carbonyl (C=O) groups is 1. The number of rotatable bonds is 5. The fourth-order valence-corrected chi connectivity index (χ4v) is 3.38. The van der Waals surface area contributed by atoms with Gasteiger partial charge in [0.1, 0.15) is 11.8 Å². The third-order valence-electron chi connectivity index (χ3n) is 4.68. The Balaban J connectivity index is 1.36. The predicted octanol–water partition coefficient (Wildman–Crippen LogP) is 1.50. The van der Waals surface area contributed by atoms with Crippen LogP contribution >= 0.6 is 0 Å². The van der Waals surface area contributed by atoms with Gasteiger partial charge in [0.05, 0.1) is 17.8 Å². The second-order valence-corrected chi connectivity index (χ2v) is 6.40. The molecule has 7 nitrogen and oxygen atoms in total. The summed E-state index contributed by atoms with van der Waals surface area (Å²) in [5.74, 6) is 0.250. The molecule has 7 heteroatoms. The van der Waals surface area contributed by atoms with Crippen molar-refractivity contribution in [1.29, 1.82) is 0 Å². The quantitative estimate of drug-likeness (QED) is 0.765. The Kier molecular flexibility index (Phi) is 4.23. The molecule has 0 radical (unpaired) electrons. The summed E-state index contributed by atoms with van der Waals surface area (Å²) in [5.41, 5.74) is 2.68. The van der Waals surface area contributed by atoms with Crippen LogP contribution in [-0.2, 0) is 23.0 Å². The Morgan fingerprint density at radius 3 is 3.12 bits per heavy atom. The van der Waals surface area contributed by atoms with Crippen molar-refractivity contribution >= 4 is 11.6 Å². The fourth-order valence-electron chi connectivity index (χ4n) is 3.38. The van der Waals surface area contributed by atoms with Crippen LogP contribution < -0.4 is 5.32 Å². The van der Waals surface area contributed by atoms with Gasteiger partial charge in [-0.15, -0.1) is 0 Å². The first kappa shape index (κ1) is 15.8. The van der Waals surface area contributed by atoms with Gasteiger partial charge in [0, 0.05) is 44.7 Å². The van der Waals surface area contributed by atoms with Crippen LogP contribution in [0, 0.1) is 5.92 Å². The number of hydrogen-bond acceptors (Lipinski definition) is 4. The van der Waals surface area contributed by atoms with Gasteiger partial charge in [-0.05, 0) is 24.6 Å². The number of hydrogen-bond donors (Lipinski definition) is 1. The van der Waals surface area contributed by atoms with Crippen molar-refractivity contribution in [3.63, 3.8) is 0 Å². The van der Waals surface area contributed by atoms with Crippen LogP contribution in [-0.4, -0.2) is 38.2 Å². The number of fused-ring (bicyclic) bond motifs is 1. The number of carbonyl (C=O) groups excluding carboxylic acids is 1. The first-order chi connectivity index (χ1) is 12.2. The summed E-state index contributed by atoms with van der Waals surface area (Å²) < 4.78 is 9.61. The van der Waals surface area contributed by atoms with Crippen LogP contribution in [0.5, 0.6) is 0 Å². The van der Waals surface area contributed by atoms with Gasteiger partial charge >= 0.3 is 0 Å². The summed E-state index contributed by atoms with van der Waals surface area (Å²) in [6.45, 7) is 1.31. The van der Waals surface area contributed by atoms with Crippen LogP contribution in [0.25, 0.3) is 5.65 Å². The SMILES string of the molecule is Cn1nccc1[C@@H]1OCC[C@H]1CNC(=O)Cc1cn2ccccc2n1. The molecule has 3 aromatic rings. The Labute approximate surface area is 145 Å². The van der Waals surface area contributed by atoms with Crippen molar-refractivity contribution in [2.24, 2.45) is 13.0 Å². The zero-order chi connectivity index (χ0) is 17.2. The van der Waals surface area contributed by atoms with Crippen LogP contribution in [0.15, 0.2) is 42.9 Å². The second-order valence-electron chi connectivity index (χ2n) is 6.40. The Morgan fingerprint density at radius 1 is 1.40 bits per heavy atom. The topological polar surface area (TPSA) is 73.5 Å². The van der Waals surface area contributed by atoms with E-state index in [1.54, 1.807) is 6.20 Å². The van der Waals surface area contributed by atoms with E-state index in [-0.39, 0.29) is 24.3 Å². The molecule has 1 fully saturated rings. The molecule has 0 aliphatic carbocycles. The van der Waals surface area contributed by atoms with Gasteiger partial charge in [-0.1, -0.05) is 6.07 Å². The van der Waals surface area contributed by atoms with Gasteiger partial charge in [0.2, 0.25) is 5.91 Å². The highest BCUT2D eigenvalue weighted by atomic mass is 16.5. The Hall–Kier alpha value is -2.67. The van der Waals surface area contributed by atoms with Gasteiger partial charge < -0.3 is 14.5 Å². The molecule has 25 heavy (non-hydrogen) atoms. The van der Waals surface area contributed by atoms with Crippen molar-refractivity contribution in [2.45, 2.75) is 18.9 Å². The molecule has 3 aromatic heterocycles. The van der Waals surface area contributed by atoms with E-state index < -0.39 is 0 Å². The zero-order valence-electron chi connectivity index (χ0n) is 14.1. The highest BCUT2D eigenvalue weighted by molar-refractivity contribution is 5.78. The standard InChI is InChI=1S/C18H21N5O2/c1-22-15(5-7-20-22)18-13(6-9-25-18)11-19-17(24)10-14-12-23-8-3-2-4-16(23)21-14/h2-5,7-8,12-13,18H,6,9-11H2,1H3,(H,19,24)/t13-,18+/m0/s1. The highest BCUT2D eigenvalue weighted by Crippen LogP contribution is 2.33. The van der Waals surface area contributed by atoms with Crippen molar-refractivity contribution < 1.29 is 9.53 Å². The highest BCUT2D eigenvalue weighted by Gasteiger charge is 2.31. The molecule has 0 bridgehead atoms. The molecular formula is C18H21N5O2. The first-order valence-corrected chi connectivity index (χ1v) is 8.49. The van der Waals surface area contributed by atoms with E-state index in [2.05, 4.69) is 15.4 Å². The van der Waals surface area contributed by atoms with Gasteiger partial charge in [-0.25, -0.2) is 4.98 Å². The molecule has 0 unspecified atom stereocenters. The van der Waals surface area contributed by atoms with E-state index in [9.17, 15) is 4.79 Å². The van der Waals surface area contributed by atoms with Gasteiger partial charge in [-0.2, -0.15) is 5.10 Å². The molecule has 1 aliphatic rings. The van der Waals surface area contributed by atoms with E-state index in [4.69, 9.17) is 4.74 Å². The molecular weight excluding hydrogens is 318 g/mol. The van der Waals surface area contributed by atoms with Crippen LogP contribution in [0.3, 0.4) is 0 Å². The summed E-state index contributed by atoms with van der Waals surface area (Å²) in [7, 11) is 1.91. The number of amides is 1. The third kappa shape index (κ3) is 3.28. The number of aryl methyl sites for hydroxylation is 1. The fraction of sp³-hybridized carbons (Fsp3) is 0.389. The molecule has 1 saturated heterocycles. The van der Waals surface area contributed by atoms with Crippen LogP contribution in [0.4, 0.5) is 0 Å². The maximum Gasteiger partial charge on any atom is 0.226 e. The molecule has 1 N–H and O–H groups in total. The second kappa shape index (κ2) is 6.68. The Morgan fingerprint density at radius 2 is 2.32 bits per heavy atom. The number of nitrogens with one attached hydrogen (secondary N) is 1. The average molecular weight is 339 g/mol. The summed E-state index contributed by atoms with van der Waals surface area (Å²) in [6.07, 6.45) is 6.80. The Bertz CT molecular complexity index is 851. The van der Waals surface area contributed by atoms with Gasteiger partial charge in [-0.3, -0.25) is 9.48 Å². The summed E-state index contributed by atoms with van der Waals surface area (Å²) in [5, 5.41) is 7.24. The minimum Gasteiger partial charge on any atom is -0.372 e. The molecule has 0 spiro atoms. The lowest BCUT2D eigenvalue weighted by atomic mass is 9.99. The lowest BCUT2D eigenvalue weighted by Gasteiger charge is -2.19. The van der Waals surface area contributed by atoms with E-state index >= 15 is 0 Å². The molecule has 4 heterocycles. The molecule has 0 aromatic carbocycles. The summed E-state index contributed by atoms with van der Waals surface area (Å²) in [6, 6.07) is 7.78. The third-order valence-corrected chi connectivity index (χ3v) is 4.68. The number of aromatic nitrogens is 4. The van der Waals surface area contributed by atoms with Crippen molar-refractivity contribution in [2.75, 3.05) is 13.2 Å². The van der Waals surface area contributed by atoms with E-state index in [0.29, 0.717) is 13.2 Å². The van der Waals surface area contributed by atoms with Crippen molar-refractivity contribution in [3.05, 3.63) is 54.2 Å². The van der Waals surface area contributed by atoms with E-state index in [1.807, 2.05) is 52.8 Å². The van der Waals surface area contributed by atoms with Crippen LogP contribution in [0.1, 0.15) is 23.9 Å². The lowest BCUT2D eigenvalue weighted by molar-refractivity contribution is -0.120. The molecule has 130 valence electrons. The normalized spacial score (nSPS) is 20.2. The van der Waals surface area contributed by atoms with Crippen molar-refractivity contribution in [3.8, 4) is 0 Å². The average Bonchev–Trinajstić information content (AvgIpc) is 3.31. The van der Waals surface area contributed by atoms with Crippen LogP contribution in [0.2, 0.25) is 0 Å². The number of ether oxygens (including phenoxy) is 1. The smallest absolute Gasteiger partial charge is 0.226 e.